The number of benzene rings is 4. The average molecular weight is 1910 g/mol. The van der Waals surface area contributed by atoms with Crippen LogP contribution in [0.2, 0.25) is 0 Å². The summed E-state index contributed by atoms with van der Waals surface area (Å²) in [5.74, 6) is 0.217. The minimum absolute atomic E-state index is 0.0419. The molecule has 3 saturated heterocycles. The topological polar surface area (TPSA) is 276 Å². The molecule has 0 atom stereocenters. The van der Waals surface area contributed by atoms with Crippen molar-refractivity contribution in [3.8, 4) is 0 Å². The summed E-state index contributed by atoms with van der Waals surface area (Å²) in [4.78, 5) is 117. The van der Waals surface area contributed by atoms with Gasteiger partial charge in [-0.3, -0.25) is 43.5 Å². The zero-order valence-electron chi connectivity index (χ0n) is 87.0. The van der Waals surface area contributed by atoms with Crippen molar-refractivity contribution in [2.24, 2.45) is 41.6 Å². The van der Waals surface area contributed by atoms with Crippen molar-refractivity contribution >= 4 is 103 Å². The number of nitrogens with zero attached hydrogens (tertiary/aromatic N) is 13. The largest absolute Gasteiger partial charge is 0.379 e. The molecule has 6 N–H and O–H groups in total. The van der Waals surface area contributed by atoms with Crippen LogP contribution in [0.5, 0.6) is 0 Å². The molecular formula is C114H149N19O8. The SMILES string of the molecule is [C-]#[N+]C1=CCC(C(=O)Nc2ccc(C(C)(C)N3CCN(C(C)=O)CC3)cc2C2=CCC(C)(C)CC2)=N1.[C-]#[N+]C1=CCC(C(=O)Nc2ccc(C(C)(C)N3CCN(CC)CC3)cc2C2=CCC(C)(C)CC2)=N1.[C-]#[N+]C1=CCC(C(=O)Nc2ccc(C(C)(C)NCCNC(C)=O)cc2C2=CCC(C)(C)CC2)=N1.[C-]#[N+]C1=CCC(C(=O)Nc2ccc(C(C)(C)OCCN3CCOCC3)cc2C2=CCC(C)(C)CC2)=N1. The summed E-state index contributed by atoms with van der Waals surface area (Å²) < 4.78 is 11.8. The number of ether oxygens (including phenoxy) is 2. The lowest BCUT2D eigenvalue weighted by atomic mass is 9.76. The number of anilines is 4. The lowest BCUT2D eigenvalue weighted by molar-refractivity contribution is -0.131. The van der Waals surface area contributed by atoms with Gasteiger partial charge < -0.3 is 70.6 Å². The van der Waals surface area contributed by atoms with Gasteiger partial charge in [0, 0.05) is 186 Å². The second-order valence-corrected chi connectivity index (χ2v) is 43.9. The van der Waals surface area contributed by atoms with Crippen molar-refractivity contribution in [3.63, 3.8) is 0 Å². The van der Waals surface area contributed by atoms with E-state index in [2.05, 4.69) is 275 Å². The van der Waals surface area contributed by atoms with Crippen LogP contribution >= 0.6 is 0 Å². The Labute approximate surface area is 837 Å². The fourth-order valence-corrected chi connectivity index (χ4v) is 19.4. The minimum Gasteiger partial charge on any atom is -0.379 e. The maximum absolute atomic E-state index is 13.0. The lowest BCUT2D eigenvalue weighted by Crippen LogP contribution is -2.54. The van der Waals surface area contributed by atoms with E-state index in [1.165, 1.54) is 40.3 Å². The highest BCUT2D eigenvalue weighted by Gasteiger charge is 2.39. The van der Waals surface area contributed by atoms with Gasteiger partial charge in [0.05, 0.1) is 25.4 Å². The van der Waals surface area contributed by atoms with Gasteiger partial charge >= 0.3 is 0 Å². The van der Waals surface area contributed by atoms with Gasteiger partial charge in [-0.05, 0) is 254 Å². The van der Waals surface area contributed by atoms with Gasteiger partial charge in [0.15, 0.2) is 22.8 Å². The Morgan fingerprint density at radius 2 is 0.730 bits per heavy atom. The van der Waals surface area contributed by atoms with Crippen LogP contribution in [-0.2, 0) is 60.5 Å². The third-order valence-corrected chi connectivity index (χ3v) is 29.8. The monoisotopic (exact) mass is 1910 g/mol. The van der Waals surface area contributed by atoms with Crippen molar-refractivity contribution in [2.75, 3.05) is 133 Å². The van der Waals surface area contributed by atoms with E-state index in [9.17, 15) is 28.8 Å². The number of aliphatic imine (C=N–C) groups is 4. The zero-order chi connectivity index (χ0) is 102. The minimum atomic E-state index is -0.470. The molecule has 4 aromatic carbocycles. The molecule has 0 unspecified atom stereocenters. The predicted molar refractivity (Wildman–Crippen MR) is 569 cm³/mol. The molecular weight excluding hydrogens is 1760 g/mol. The quantitative estimate of drug-likeness (QED) is 0.0240. The van der Waals surface area contributed by atoms with E-state index in [-0.39, 0.29) is 85.8 Å². The molecule has 0 saturated carbocycles. The molecule has 0 bridgehead atoms. The number of allylic oxidation sites excluding steroid dienone is 12. The molecule has 0 radical (unpaired) electrons. The van der Waals surface area contributed by atoms with Crippen LogP contribution in [0.1, 0.15) is 279 Å². The zero-order valence-corrected chi connectivity index (χ0v) is 87.0. The number of morpholine rings is 1. The second kappa shape index (κ2) is 46.8. The molecule has 4 aliphatic carbocycles. The highest BCUT2D eigenvalue weighted by atomic mass is 16.5. The first-order valence-corrected chi connectivity index (χ1v) is 50.4. The van der Waals surface area contributed by atoms with Crippen LogP contribution in [0.25, 0.3) is 41.7 Å². The van der Waals surface area contributed by atoms with Gasteiger partial charge in [0.2, 0.25) is 11.8 Å². The fraction of sp³-hybridized carbons (Fsp3) is 0.526. The Morgan fingerprint density at radius 3 is 1.04 bits per heavy atom. The normalized spacial score (nSPS) is 19.7. The number of nitrogens with one attached hydrogen (secondary N) is 6. The van der Waals surface area contributed by atoms with Gasteiger partial charge in [-0.25, -0.2) is 0 Å². The molecule has 6 amide bonds. The number of amides is 6. The van der Waals surface area contributed by atoms with Crippen molar-refractivity contribution in [2.45, 2.75) is 257 Å². The van der Waals surface area contributed by atoms with Gasteiger partial charge in [0.1, 0.15) is 0 Å². The van der Waals surface area contributed by atoms with Crippen LogP contribution in [0.4, 0.5) is 22.7 Å². The van der Waals surface area contributed by atoms with E-state index in [0.29, 0.717) is 79.5 Å². The third kappa shape index (κ3) is 28.9. The maximum atomic E-state index is 13.0. The number of hydrogen-bond acceptors (Lipinski definition) is 17. The highest BCUT2D eigenvalue weighted by Crippen LogP contribution is 2.48. The Hall–Kier alpha value is -12.0. The Morgan fingerprint density at radius 1 is 0.411 bits per heavy atom. The van der Waals surface area contributed by atoms with E-state index in [4.69, 9.17) is 35.8 Å². The number of likely N-dealkylation sites (N-methyl/N-ethyl adjacent to an activating group) is 1. The summed E-state index contributed by atoms with van der Waals surface area (Å²) in [5.41, 5.74) is 18.6. The number of carbonyl (C=O) groups excluding carboxylic acids is 6. The summed E-state index contributed by atoms with van der Waals surface area (Å²) in [5, 5.41) is 18.7. The lowest BCUT2D eigenvalue weighted by Gasteiger charge is -2.44. The van der Waals surface area contributed by atoms with Crippen molar-refractivity contribution in [3.05, 3.63) is 235 Å². The van der Waals surface area contributed by atoms with Crippen LogP contribution in [0.3, 0.4) is 0 Å². The Bertz CT molecular complexity index is 5960. The van der Waals surface area contributed by atoms with Gasteiger partial charge in [-0.15, -0.1) is 20.0 Å². The second-order valence-electron chi connectivity index (χ2n) is 43.9. The molecule has 141 heavy (non-hydrogen) atoms. The van der Waals surface area contributed by atoms with Gasteiger partial charge in [0.25, 0.3) is 46.9 Å². The molecule has 27 nitrogen and oxygen atoms in total. The Kier molecular flexibility index (Phi) is 35.8. The third-order valence-electron chi connectivity index (χ3n) is 29.8. The fourth-order valence-electron chi connectivity index (χ4n) is 19.4. The van der Waals surface area contributed by atoms with Crippen LogP contribution < -0.4 is 31.9 Å². The van der Waals surface area contributed by atoms with E-state index in [0.717, 1.165) is 225 Å². The predicted octanol–water partition coefficient (Wildman–Crippen LogP) is 21.1. The molecule has 4 aromatic rings. The first kappa shape index (κ1) is 108. The van der Waals surface area contributed by atoms with E-state index in [1.54, 1.807) is 31.2 Å². The summed E-state index contributed by atoms with van der Waals surface area (Å²) in [7, 11) is 0. The molecule has 748 valence electrons. The number of hydrogen-bond donors (Lipinski definition) is 6. The molecule has 3 fully saturated rings. The molecule has 27 heteroatoms. The first-order chi connectivity index (χ1) is 66.8. The number of rotatable bonds is 27. The summed E-state index contributed by atoms with van der Waals surface area (Å²) in [6.07, 6.45) is 29.9. The molecule has 11 aliphatic rings. The summed E-state index contributed by atoms with van der Waals surface area (Å²) in [6, 6.07) is 25.2. The summed E-state index contributed by atoms with van der Waals surface area (Å²) in [6.45, 7) is 84.6. The standard InChI is InChI=1S/C29H37N5O2.C29H39N5O.C29H38N4O3.C27H35N5O2/c1-20(35)33-15-17-34(18-16-33)29(4,5)22-7-8-24(32-27(36)25-9-10-26(30-6)31-25)23(19-22)21-11-13-28(2,3)14-12-21;1-7-33-16-18-34(19-17-33)29(4,5)22-8-9-24(32-27(35)25-10-11-26(30-6)31-25)23(20-22)21-12-14-28(2,3)15-13-21;1-28(2)12-10-21(11-13-28)23-20-22(29(3,4)36-19-16-33-14-17-35-18-15-33)6-7-24(23)32-27(34)25-8-9-26(30-5)31-25;1-18(33)29-15-16-30-27(4,5)20-7-8-22(32-25(34)23-9-10-24(28-6)31-23)21(17-20)19-11-13-26(2,3)14-12-19/h7-8,10-11,19H,9,12-18H2,1-5H3,(H,32,36);8-9,11-12,20H,7,10,13-19H2,1-5H3,(H,32,35);6-7,9-10,20H,8,11-19H2,1-4H3,(H,32,34);7-8,10-11,17,30H,9,12-16H2,1-5H3,(H,29,33)(H,32,34). The van der Waals surface area contributed by atoms with E-state index in [1.807, 2.05) is 35.2 Å². The van der Waals surface area contributed by atoms with Crippen LogP contribution in [0.15, 0.2) is 165 Å². The number of carbonyl (C=O) groups is 6. The van der Waals surface area contributed by atoms with Crippen LogP contribution in [-0.4, -0.2) is 194 Å². The number of piperazine rings is 2. The van der Waals surface area contributed by atoms with Crippen LogP contribution in [0, 0.1) is 47.9 Å². The molecule has 7 heterocycles. The molecule has 0 aromatic heterocycles. The maximum Gasteiger partial charge on any atom is 0.293 e. The Balaban J connectivity index is 0.000000168. The summed E-state index contributed by atoms with van der Waals surface area (Å²) >= 11 is 0. The van der Waals surface area contributed by atoms with Crippen molar-refractivity contribution in [1.29, 1.82) is 0 Å². The van der Waals surface area contributed by atoms with Crippen molar-refractivity contribution in [1.82, 2.24) is 35.1 Å². The molecule has 15 rings (SSSR count). The smallest absolute Gasteiger partial charge is 0.293 e. The van der Waals surface area contributed by atoms with Crippen molar-refractivity contribution < 1.29 is 38.2 Å². The van der Waals surface area contributed by atoms with E-state index >= 15 is 0 Å². The average Bonchev–Trinajstić information content (AvgIpc) is 1.53. The van der Waals surface area contributed by atoms with E-state index < -0.39 is 5.60 Å². The highest BCUT2D eigenvalue weighted by molar-refractivity contribution is 6.46. The first-order valence-electron chi connectivity index (χ1n) is 50.4. The molecule has 7 aliphatic heterocycles. The van der Waals surface area contributed by atoms with Gasteiger partial charge in [-0.2, -0.15) is 0 Å². The van der Waals surface area contributed by atoms with Gasteiger partial charge in [-0.1, -0.05) is 161 Å². The molecule has 0 spiro atoms.